The topological polar surface area (TPSA) is 88.4 Å². The predicted molar refractivity (Wildman–Crippen MR) is 80.4 cm³/mol. The molecule has 1 aromatic heterocycles. The average Bonchev–Trinajstić information content (AvgIpc) is 2.43. The van der Waals surface area contributed by atoms with Crippen molar-refractivity contribution in [2.45, 2.75) is 6.54 Å². The number of aromatic carboxylic acids is 1. The molecule has 6 nitrogen and oxygen atoms in total. The highest BCUT2D eigenvalue weighted by molar-refractivity contribution is 9.10. The Morgan fingerprint density at radius 2 is 1.90 bits per heavy atom. The highest BCUT2D eigenvalue weighted by Gasteiger charge is 2.09. The van der Waals surface area contributed by atoms with Crippen LogP contribution in [0.15, 0.2) is 51.9 Å². The second kappa shape index (κ2) is 6.36. The number of nitrogens with zero attached hydrogens (tertiary/aromatic N) is 1. The van der Waals surface area contributed by atoms with Crippen molar-refractivity contribution in [1.82, 2.24) is 4.57 Å². The van der Waals surface area contributed by atoms with Crippen molar-refractivity contribution in [3.63, 3.8) is 0 Å². The average molecular weight is 351 g/mol. The highest BCUT2D eigenvalue weighted by Crippen LogP contribution is 2.20. The summed E-state index contributed by atoms with van der Waals surface area (Å²) in [4.78, 5) is 34.4. The van der Waals surface area contributed by atoms with Gasteiger partial charge in [0, 0.05) is 16.7 Å². The zero-order valence-corrected chi connectivity index (χ0v) is 12.3. The van der Waals surface area contributed by atoms with Crippen LogP contribution in [0, 0.1) is 0 Å². The zero-order chi connectivity index (χ0) is 15.4. The van der Waals surface area contributed by atoms with Crippen LogP contribution in [0.3, 0.4) is 0 Å². The number of carboxylic acid groups (broad SMARTS) is 1. The van der Waals surface area contributed by atoms with Gasteiger partial charge < -0.3 is 15.0 Å². The van der Waals surface area contributed by atoms with Crippen molar-refractivity contribution in [3.05, 3.63) is 63.0 Å². The Kier molecular flexibility index (Phi) is 4.54. The number of hydrogen-bond donors (Lipinski definition) is 2. The van der Waals surface area contributed by atoms with Crippen LogP contribution in [0.25, 0.3) is 0 Å². The van der Waals surface area contributed by atoms with Crippen molar-refractivity contribution in [1.29, 1.82) is 0 Å². The summed E-state index contributed by atoms with van der Waals surface area (Å²) >= 11 is 3.29. The lowest BCUT2D eigenvalue weighted by atomic mass is 10.3. The Balaban J connectivity index is 2.17. The summed E-state index contributed by atoms with van der Waals surface area (Å²) in [7, 11) is 0. The molecule has 0 atom stereocenters. The Bertz CT molecular complexity index is 755. The lowest BCUT2D eigenvalue weighted by molar-refractivity contribution is -0.116. The van der Waals surface area contributed by atoms with E-state index in [-0.39, 0.29) is 12.1 Å². The van der Waals surface area contributed by atoms with Crippen molar-refractivity contribution in [2.75, 3.05) is 5.32 Å². The molecule has 2 aromatic rings. The van der Waals surface area contributed by atoms with E-state index in [2.05, 4.69) is 21.2 Å². The minimum Gasteiger partial charge on any atom is -0.478 e. The molecular weight excluding hydrogens is 340 g/mol. The second-order valence-electron chi connectivity index (χ2n) is 4.22. The molecule has 0 aliphatic rings. The molecule has 1 amide bonds. The molecule has 1 heterocycles. The Labute approximate surface area is 128 Å². The van der Waals surface area contributed by atoms with Gasteiger partial charge in [-0.25, -0.2) is 4.79 Å². The van der Waals surface area contributed by atoms with Crippen molar-refractivity contribution in [3.8, 4) is 0 Å². The summed E-state index contributed by atoms with van der Waals surface area (Å²) in [6.45, 7) is -0.263. The van der Waals surface area contributed by atoms with Gasteiger partial charge in [-0.15, -0.1) is 0 Å². The molecule has 0 aliphatic carbocycles. The first-order valence-electron chi connectivity index (χ1n) is 5.95. The molecule has 0 saturated heterocycles. The van der Waals surface area contributed by atoms with Crippen LogP contribution in [-0.4, -0.2) is 21.6 Å². The van der Waals surface area contributed by atoms with Crippen LogP contribution in [-0.2, 0) is 11.3 Å². The van der Waals surface area contributed by atoms with Crippen LogP contribution >= 0.6 is 15.9 Å². The van der Waals surface area contributed by atoms with E-state index < -0.39 is 17.4 Å². The number of rotatable bonds is 4. The molecule has 1 aromatic carbocycles. The maximum atomic E-state index is 11.9. The third-order valence-electron chi connectivity index (χ3n) is 2.69. The van der Waals surface area contributed by atoms with Crippen LogP contribution in [0.5, 0.6) is 0 Å². The fraction of sp³-hybridized carbons (Fsp3) is 0.0714. The van der Waals surface area contributed by atoms with E-state index in [0.717, 1.165) is 16.8 Å². The molecule has 7 heteroatoms. The fourth-order valence-corrected chi connectivity index (χ4v) is 2.07. The van der Waals surface area contributed by atoms with Gasteiger partial charge in [-0.2, -0.15) is 0 Å². The number of benzene rings is 1. The van der Waals surface area contributed by atoms with Crippen molar-refractivity contribution < 1.29 is 14.7 Å². The van der Waals surface area contributed by atoms with Gasteiger partial charge in [0.1, 0.15) is 6.54 Å². The summed E-state index contributed by atoms with van der Waals surface area (Å²) in [6.07, 6.45) is 1.14. The van der Waals surface area contributed by atoms with Crippen LogP contribution in [0.4, 0.5) is 5.69 Å². The van der Waals surface area contributed by atoms with E-state index in [1.165, 1.54) is 6.07 Å². The molecule has 108 valence electrons. The van der Waals surface area contributed by atoms with E-state index in [0.29, 0.717) is 10.2 Å². The highest BCUT2D eigenvalue weighted by atomic mass is 79.9. The molecule has 0 aliphatic heterocycles. The fourth-order valence-electron chi connectivity index (χ4n) is 1.69. The summed E-state index contributed by atoms with van der Waals surface area (Å²) in [6, 6.07) is 9.37. The summed E-state index contributed by atoms with van der Waals surface area (Å²) in [5.74, 6) is -1.58. The first kappa shape index (κ1) is 15.0. The smallest absolute Gasteiger partial charge is 0.337 e. The number of anilines is 1. The zero-order valence-electron chi connectivity index (χ0n) is 10.7. The lowest BCUT2D eigenvalue weighted by Gasteiger charge is -2.09. The Morgan fingerprint density at radius 3 is 2.57 bits per heavy atom. The molecule has 0 bridgehead atoms. The van der Waals surface area contributed by atoms with Gasteiger partial charge in [-0.05, 0) is 34.1 Å². The minimum absolute atomic E-state index is 0.0525. The minimum atomic E-state index is -1.16. The Hall–Kier alpha value is -2.41. The molecule has 0 spiro atoms. The van der Waals surface area contributed by atoms with Gasteiger partial charge in [0.25, 0.3) is 5.56 Å². The van der Waals surface area contributed by atoms with E-state index in [4.69, 9.17) is 5.11 Å². The van der Waals surface area contributed by atoms with Crippen LogP contribution in [0.1, 0.15) is 10.4 Å². The number of carbonyl (C=O) groups excluding carboxylic acids is 1. The Morgan fingerprint density at radius 1 is 1.19 bits per heavy atom. The van der Waals surface area contributed by atoms with Gasteiger partial charge in [0.15, 0.2) is 0 Å². The number of aromatic nitrogens is 1. The number of pyridine rings is 1. The van der Waals surface area contributed by atoms with Gasteiger partial charge in [-0.3, -0.25) is 9.59 Å². The lowest BCUT2D eigenvalue weighted by Crippen LogP contribution is -2.27. The van der Waals surface area contributed by atoms with E-state index in [1.807, 2.05) is 0 Å². The van der Waals surface area contributed by atoms with Gasteiger partial charge >= 0.3 is 5.97 Å². The molecule has 0 unspecified atom stereocenters. The SMILES string of the molecule is O=C(Cn1cc(C(=O)O)ccc1=O)Nc1ccccc1Br. The number of nitrogens with one attached hydrogen (secondary N) is 1. The number of carboxylic acids is 1. The number of hydrogen-bond acceptors (Lipinski definition) is 3. The van der Waals surface area contributed by atoms with Gasteiger partial charge in [-0.1, -0.05) is 12.1 Å². The van der Waals surface area contributed by atoms with Crippen LogP contribution in [0.2, 0.25) is 0 Å². The molecule has 0 radical (unpaired) electrons. The maximum absolute atomic E-state index is 11.9. The van der Waals surface area contributed by atoms with Crippen LogP contribution < -0.4 is 10.9 Å². The summed E-state index contributed by atoms with van der Waals surface area (Å²) in [5.41, 5.74) is 0.0792. The van der Waals surface area contributed by atoms with Crippen molar-refractivity contribution >= 4 is 33.5 Å². The maximum Gasteiger partial charge on any atom is 0.337 e. The molecule has 0 saturated carbocycles. The summed E-state index contributed by atoms with van der Waals surface area (Å²) < 4.78 is 1.76. The second-order valence-corrected chi connectivity index (χ2v) is 5.07. The third kappa shape index (κ3) is 3.79. The molecular formula is C14H11BrN2O4. The first-order chi connectivity index (χ1) is 9.97. The van der Waals surface area contributed by atoms with E-state index in [9.17, 15) is 14.4 Å². The molecule has 21 heavy (non-hydrogen) atoms. The first-order valence-corrected chi connectivity index (χ1v) is 6.75. The summed E-state index contributed by atoms with van der Waals surface area (Å²) in [5, 5.41) is 11.5. The number of para-hydroxylation sites is 1. The predicted octanol–water partition coefficient (Wildman–Crippen LogP) is 1.95. The van der Waals surface area contributed by atoms with E-state index in [1.54, 1.807) is 24.3 Å². The monoisotopic (exact) mass is 350 g/mol. The van der Waals surface area contributed by atoms with Crippen molar-refractivity contribution in [2.24, 2.45) is 0 Å². The van der Waals surface area contributed by atoms with E-state index >= 15 is 0 Å². The number of amides is 1. The standard InChI is InChI=1S/C14H11BrN2O4/c15-10-3-1-2-4-11(10)16-12(18)8-17-7-9(14(20)21)5-6-13(17)19/h1-7H,8H2,(H,16,18)(H,20,21). The molecule has 0 fully saturated rings. The van der Waals surface area contributed by atoms with Gasteiger partial charge in [0.05, 0.1) is 11.3 Å². The quantitative estimate of drug-likeness (QED) is 0.881. The number of carbonyl (C=O) groups is 2. The largest absolute Gasteiger partial charge is 0.478 e. The van der Waals surface area contributed by atoms with Gasteiger partial charge in [0.2, 0.25) is 5.91 Å². The normalized spacial score (nSPS) is 10.1. The number of halogens is 1. The molecule has 2 N–H and O–H groups in total. The third-order valence-corrected chi connectivity index (χ3v) is 3.38. The molecule has 2 rings (SSSR count).